The normalized spacial score (nSPS) is 7.22. The van der Waals surface area contributed by atoms with Crippen molar-refractivity contribution >= 4 is 5.97 Å². The molecule has 0 saturated carbocycles. The van der Waals surface area contributed by atoms with Gasteiger partial charge in [-0.15, -0.1) is 6.54 Å². The maximum atomic E-state index is 10.1. The van der Waals surface area contributed by atoms with Crippen LogP contribution in [0.25, 0.3) is 5.73 Å². The van der Waals surface area contributed by atoms with Crippen LogP contribution in [0.5, 0.6) is 0 Å². The standard InChI is InChI=1S/C5H8NO2.V/c1-2-5(7)8-4-3-6;/h2,6H,1,3-4H2;/q-1;. The number of nitrogens with one attached hydrogen (secondary N) is 1. The van der Waals surface area contributed by atoms with Gasteiger partial charge in [0.2, 0.25) is 0 Å². The van der Waals surface area contributed by atoms with Gasteiger partial charge in [0.05, 0.1) is 6.61 Å². The molecule has 51 valence electrons. The van der Waals surface area contributed by atoms with E-state index < -0.39 is 5.97 Å². The van der Waals surface area contributed by atoms with E-state index in [0.717, 1.165) is 6.08 Å². The molecule has 0 aliphatic rings. The smallest absolute Gasteiger partial charge is 0.330 e. The first kappa shape index (κ1) is 11.5. The summed E-state index contributed by atoms with van der Waals surface area (Å²) in [7, 11) is 0. The summed E-state index contributed by atoms with van der Waals surface area (Å²) in [4.78, 5) is 10.1. The molecule has 0 aliphatic carbocycles. The zero-order valence-electron chi connectivity index (χ0n) is 4.96. The van der Waals surface area contributed by atoms with E-state index >= 15 is 0 Å². The molecule has 0 aromatic rings. The fraction of sp³-hybridized carbons (Fsp3) is 0.400. The zero-order valence-corrected chi connectivity index (χ0v) is 6.36. The second kappa shape index (κ2) is 7.75. The van der Waals surface area contributed by atoms with E-state index in [9.17, 15) is 4.79 Å². The van der Waals surface area contributed by atoms with Gasteiger partial charge in [-0.2, -0.15) is 0 Å². The first-order valence-corrected chi connectivity index (χ1v) is 2.25. The third-order valence-corrected chi connectivity index (χ3v) is 0.513. The molecule has 1 radical (unpaired) electrons. The number of esters is 1. The van der Waals surface area contributed by atoms with Crippen LogP contribution in [0.15, 0.2) is 12.7 Å². The largest absolute Gasteiger partial charge is 0.675 e. The van der Waals surface area contributed by atoms with E-state index in [1.165, 1.54) is 0 Å². The molecule has 0 spiro atoms. The predicted octanol–water partition coefficient (Wildman–Crippen LogP) is 0.765. The summed E-state index contributed by atoms with van der Waals surface area (Å²) in [5.74, 6) is -0.461. The topological polar surface area (TPSA) is 50.1 Å². The van der Waals surface area contributed by atoms with E-state index in [1.54, 1.807) is 0 Å². The molecule has 0 atom stereocenters. The molecule has 0 unspecified atom stereocenters. The van der Waals surface area contributed by atoms with Crippen LogP contribution in [-0.4, -0.2) is 19.1 Å². The second-order valence-corrected chi connectivity index (χ2v) is 1.12. The summed E-state index contributed by atoms with van der Waals surface area (Å²) >= 11 is 0. The zero-order chi connectivity index (χ0) is 6.41. The average molecular weight is 165 g/mol. The Morgan fingerprint density at radius 1 is 1.78 bits per heavy atom. The Hall–Kier alpha value is -0.246. The van der Waals surface area contributed by atoms with Gasteiger partial charge in [0, 0.05) is 24.6 Å². The van der Waals surface area contributed by atoms with Crippen LogP contribution < -0.4 is 0 Å². The van der Waals surface area contributed by atoms with Crippen LogP contribution in [-0.2, 0) is 28.1 Å². The molecule has 3 nitrogen and oxygen atoms in total. The van der Waals surface area contributed by atoms with E-state index in [2.05, 4.69) is 11.3 Å². The molecule has 0 saturated heterocycles. The molecule has 9 heavy (non-hydrogen) atoms. The number of carbonyl (C=O) groups is 1. The van der Waals surface area contributed by atoms with Gasteiger partial charge in [-0.05, 0) is 0 Å². The Bertz CT molecular complexity index is 95.0. The first-order chi connectivity index (χ1) is 3.81. The van der Waals surface area contributed by atoms with Gasteiger partial charge in [-0.1, -0.05) is 6.58 Å². The molecule has 0 amide bonds. The van der Waals surface area contributed by atoms with Crippen molar-refractivity contribution in [1.82, 2.24) is 0 Å². The maximum absolute atomic E-state index is 10.1. The van der Waals surface area contributed by atoms with Crippen molar-refractivity contribution in [2.45, 2.75) is 0 Å². The molecule has 0 rings (SSSR count). The van der Waals surface area contributed by atoms with Gasteiger partial charge in [0.25, 0.3) is 0 Å². The Morgan fingerprint density at radius 3 is 2.67 bits per heavy atom. The van der Waals surface area contributed by atoms with Crippen LogP contribution in [0.4, 0.5) is 0 Å². The van der Waals surface area contributed by atoms with E-state index in [0.29, 0.717) is 0 Å². The van der Waals surface area contributed by atoms with E-state index in [1.807, 2.05) is 0 Å². The summed E-state index contributed by atoms with van der Waals surface area (Å²) in [6, 6.07) is 0. The molecule has 0 aromatic heterocycles. The van der Waals surface area contributed by atoms with Crippen molar-refractivity contribution in [2.24, 2.45) is 0 Å². The quantitative estimate of drug-likeness (QED) is 0.458. The van der Waals surface area contributed by atoms with Gasteiger partial charge in [-0.25, -0.2) is 4.79 Å². The van der Waals surface area contributed by atoms with Crippen LogP contribution >= 0.6 is 0 Å². The molecule has 1 N–H and O–H groups in total. The second-order valence-electron chi connectivity index (χ2n) is 1.12. The van der Waals surface area contributed by atoms with Gasteiger partial charge in [0.15, 0.2) is 0 Å². The average Bonchev–Trinajstić information content (AvgIpc) is 1.83. The Morgan fingerprint density at radius 2 is 2.33 bits per heavy atom. The van der Waals surface area contributed by atoms with Crippen molar-refractivity contribution in [1.29, 1.82) is 0 Å². The van der Waals surface area contributed by atoms with Crippen molar-refractivity contribution in [3.8, 4) is 0 Å². The Kier molecular flexibility index (Phi) is 9.94. The van der Waals surface area contributed by atoms with E-state index in [4.69, 9.17) is 5.73 Å². The number of ether oxygens (including phenoxy) is 1. The van der Waals surface area contributed by atoms with Gasteiger partial charge >= 0.3 is 5.97 Å². The molecule has 0 heterocycles. The maximum Gasteiger partial charge on any atom is 0.330 e. The van der Waals surface area contributed by atoms with Gasteiger partial charge < -0.3 is 10.5 Å². The number of hydrogen-bond acceptors (Lipinski definition) is 2. The summed E-state index contributed by atoms with van der Waals surface area (Å²) in [6.45, 7) is 3.45. The van der Waals surface area contributed by atoms with Crippen molar-refractivity contribution in [2.75, 3.05) is 13.2 Å². The summed E-state index contributed by atoms with van der Waals surface area (Å²) in [5.41, 5.74) is 6.56. The van der Waals surface area contributed by atoms with Crippen LogP contribution in [0, 0.1) is 0 Å². The van der Waals surface area contributed by atoms with Crippen LogP contribution in [0.3, 0.4) is 0 Å². The molecule has 0 fully saturated rings. The SMILES string of the molecule is C=CC(=O)OCC[NH-].[V]. The number of carbonyl (C=O) groups excluding carboxylic acids is 1. The Balaban J connectivity index is 0. The van der Waals surface area contributed by atoms with Crippen molar-refractivity contribution in [3.05, 3.63) is 18.4 Å². The molecule has 0 bridgehead atoms. The molecular formula is C5H8NO2V-. The fourth-order valence-electron chi connectivity index (χ4n) is 0.211. The van der Waals surface area contributed by atoms with Crippen LogP contribution in [0.1, 0.15) is 0 Å². The number of hydrogen-bond donors (Lipinski definition) is 0. The molecule has 4 heteroatoms. The summed E-state index contributed by atoms with van der Waals surface area (Å²) in [5, 5.41) is 0. The van der Waals surface area contributed by atoms with Crippen molar-refractivity contribution < 1.29 is 28.1 Å². The number of rotatable bonds is 3. The molecule has 0 aromatic carbocycles. The predicted molar refractivity (Wildman–Crippen MR) is 30.3 cm³/mol. The van der Waals surface area contributed by atoms with Gasteiger partial charge in [0.1, 0.15) is 0 Å². The van der Waals surface area contributed by atoms with Crippen molar-refractivity contribution in [3.63, 3.8) is 0 Å². The van der Waals surface area contributed by atoms with Crippen LogP contribution in [0.2, 0.25) is 0 Å². The third-order valence-electron chi connectivity index (χ3n) is 0.513. The Labute approximate surface area is 66.1 Å². The monoisotopic (exact) mass is 165 g/mol. The summed E-state index contributed by atoms with van der Waals surface area (Å²) < 4.78 is 4.40. The fourth-order valence-corrected chi connectivity index (χ4v) is 0.211. The third kappa shape index (κ3) is 7.75. The summed E-state index contributed by atoms with van der Waals surface area (Å²) in [6.07, 6.45) is 1.08. The first-order valence-electron chi connectivity index (χ1n) is 2.25. The minimum Gasteiger partial charge on any atom is -0.675 e. The minimum absolute atomic E-state index is 0. The molecule has 0 aliphatic heterocycles. The van der Waals surface area contributed by atoms with Gasteiger partial charge in [-0.3, -0.25) is 0 Å². The minimum atomic E-state index is -0.461. The molecular weight excluding hydrogens is 157 g/mol. The van der Waals surface area contributed by atoms with E-state index in [-0.39, 0.29) is 31.7 Å².